The number of ether oxygens (including phenoxy) is 6. The third-order valence-electron chi connectivity index (χ3n) is 9.49. The minimum absolute atomic E-state index is 0.305. The van der Waals surface area contributed by atoms with Crippen molar-refractivity contribution in [2.45, 2.75) is 31.1 Å². The van der Waals surface area contributed by atoms with Crippen LogP contribution < -0.4 is 37.5 Å². The molecule has 0 amide bonds. The van der Waals surface area contributed by atoms with E-state index in [-0.39, 0.29) is 0 Å². The van der Waals surface area contributed by atoms with Gasteiger partial charge < -0.3 is 37.5 Å². The zero-order chi connectivity index (χ0) is 32.4. The molecule has 0 unspecified atom stereocenters. The van der Waals surface area contributed by atoms with Crippen LogP contribution in [0.15, 0.2) is 48.5 Å². The van der Waals surface area contributed by atoms with Crippen LogP contribution >= 0.6 is 7.82 Å². The molecule has 1 spiro atoms. The summed E-state index contributed by atoms with van der Waals surface area (Å²) in [6, 6.07) is 15.2. The highest BCUT2D eigenvalue weighted by molar-refractivity contribution is 7.48. The number of phosphoric ester groups is 1. The molecule has 10 nitrogen and oxygen atoms in total. The van der Waals surface area contributed by atoms with Gasteiger partial charge in [0.25, 0.3) is 0 Å². The van der Waals surface area contributed by atoms with Gasteiger partial charge in [0.15, 0.2) is 23.0 Å². The molecule has 0 bridgehead atoms. The molecule has 3 aliphatic rings. The second-order valence-corrected chi connectivity index (χ2v) is 12.8. The van der Waals surface area contributed by atoms with Gasteiger partial charge in [0.2, 0.25) is 11.5 Å². The summed E-state index contributed by atoms with van der Waals surface area (Å²) in [5, 5.41) is 0. The molecule has 240 valence electrons. The van der Waals surface area contributed by atoms with Gasteiger partial charge in [0.05, 0.1) is 42.7 Å². The van der Waals surface area contributed by atoms with E-state index in [1.165, 1.54) is 14.2 Å². The van der Waals surface area contributed by atoms with E-state index in [0.29, 0.717) is 68.2 Å². The quantitative estimate of drug-likeness (QED) is 0.199. The molecule has 2 aliphatic carbocycles. The van der Waals surface area contributed by atoms with Crippen molar-refractivity contribution in [2.75, 3.05) is 42.7 Å². The fourth-order valence-corrected chi connectivity index (χ4v) is 8.53. The standard InChI is InChI=1S/C35H35O10P/c1-38-25-13-11-23(31(40-3)33(25)42-5)21-9-7-19-15-17-35-18-16-20-8-10-22(24-12-14-26(39-2)34(43-6)32(24)41-4)30(28(20)35)45-46(36,37)44-29(21)27(19)35/h7-14H,15-18H2,1-6H3,(H,36,37). The Bertz CT molecular complexity index is 1800. The van der Waals surface area contributed by atoms with Gasteiger partial charge in [-0.25, -0.2) is 4.57 Å². The largest absolute Gasteiger partial charge is 0.584 e. The summed E-state index contributed by atoms with van der Waals surface area (Å²) in [6.45, 7) is 0. The number of benzene rings is 4. The summed E-state index contributed by atoms with van der Waals surface area (Å²) in [6.07, 6.45) is 3.12. The predicted octanol–water partition coefficient (Wildman–Crippen LogP) is 7.12. The molecule has 4 aromatic carbocycles. The number of rotatable bonds is 8. The second-order valence-electron chi connectivity index (χ2n) is 11.4. The highest BCUT2D eigenvalue weighted by Gasteiger charge is 2.53. The van der Waals surface area contributed by atoms with Gasteiger partial charge >= 0.3 is 7.82 Å². The van der Waals surface area contributed by atoms with Crippen LogP contribution in [0.5, 0.6) is 46.0 Å². The number of hydrogen-bond donors (Lipinski definition) is 1. The first kappa shape index (κ1) is 30.1. The van der Waals surface area contributed by atoms with Gasteiger partial charge in [-0.05, 0) is 61.1 Å². The van der Waals surface area contributed by atoms with Crippen molar-refractivity contribution >= 4 is 7.82 Å². The predicted molar refractivity (Wildman–Crippen MR) is 172 cm³/mol. The van der Waals surface area contributed by atoms with Crippen molar-refractivity contribution in [3.05, 3.63) is 70.8 Å². The maximum absolute atomic E-state index is 14.1. The molecule has 1 N–H and O–H groups in total. The highest BCUT2D eigenvalue weighted by Crippen LogP contribution is 2.66. The van der Waals surface area contributed by atoms with Gasteiger partial charge in [0, 0.05) is 38.8 Å². The van der Waals surface area contributed by atoms with Crippen molar-refractivity contribution in [2.24, 2.45) is 0 Å². The summed E-state index contributed by atoms with van der Waals surface area (Å²) in [5.74, 6) is 3.24. The van der Waals surface area contributed by atoms with E-state index in [9.17, 15) is 9.46 Å². The molecule has 11 heteroatoms. The molecule has 0 saturated carbocycles. The first-order chi connectivity index (χ1) is 22.2. The number of phosphoric acid groups is 1. The fourth-order valence-electron chi connectivity index (χ4n) is 7.65. The second kappa shape index (κ2) is 11.1. The monoisotopic (exact) mass is 646 g/mol. The topological polar surface area (TPSA) is 111 Å². The van der Waals surface area contributed by atoms with Crippen LogP contribution in [0.1, 0.15) is 35.1 Å². The molecular formula is C35H35O10P. The average Bonchev–Trinajstić information content (AvgIpc) is 3.63. The minimum atomic E-state index is -4.77. The molecule has 46 heavy (non-hydrogen) atoms. The van der Waals surface area contributed by atoms with E-state index < -0.39 is 13.2 Å². The Morgan fingerprint density at radius 1 is 0.565 bits per heavy atom. The lowest BCUT2D eigenvalue weighted by molar-refractivity contribution is 0.281. The third-order valence-corrected chi connectivity index (χ3v) is 10.3. The maximum atomic E-state index is 14.1. The van der Waals surface area contributed by atoms with Crippen molar-refractivity contribution in [1.82, 2.24) is 0 Å². The average molecular weight is 647 g/mol. The lowest BCUT2D eigenvalue weighted by Crippen LogP contribution is -2.25. The van der Waals surface area contributed by atoms with Crippen LogP contribution in [-0.2, 0) is 22.8 Å². The van der Waals surface area contributed by atoms with E-state index in [0.717, 1.165) is 47.9 Å². The summed E-state index contributed by atoms with van der Waals surface area (Å²) in [4.78, 5) is 11.5. The molecular weight excluding hydrogens is 611 g/mol. The van der Waals surface area contributed by atoms with Gasteiger partial charge in [-0.3, -0.25) is 4.89 Å². The van der Waals surface area contributed by atoms with E-state index in [2.05, 4.69) is 12.1 Å². The highest BCUT2D eigenvalue weighted by atomic mass is 31.2. The molecule has 0 saturated heterocycles. The van der Waals surface area contributed by atoms with Crippen LogP contribution in [0.3, 0.4) is 0 Å². The fraction of sp³-hybridized carbons (Fsp3) is 0.314. The Balaban J connectivity index is 1.52. The minimum Gasteiger partial charge on any atom is -0.493 e. The van der Waals surface area contributed by atoms with Crippen LogP contribution in [0.25, 0.3) is 22.3 Å². The summed E-state index contributed by atoms with van der Waals surface area (Å²) in [5.41, 5.74) is 5.84. The lowest BCUT2D eigenvalue weighted by atomic mass is 9.74. The van der Waals surface area contributed by atoms with Crippen LogP contribution in [-0.4, -0.2) is 47.6 Å². The van der Waals surface area contributed by atoms with E-state index in [1.54, 1.807) is 40.6 Å². The van der Waals surface area contributed by atoms with Crippen LogP contribution in [0.2, 0.25) is 0 Å². The van der Waals surface area contributed by atoms with Gasteiger partial charge in [-0.15, -0.1) is 0 Å². The molecule has 0 radical (unpaired) electrons. The first-order valence-electron chi connectivity index (χ1n) is 14.9. The Morgan fingerprint density at radius 3 is 1.33 bits per heavy atom. The SMILES string of the molecule is COc1ccc(-c2ccc3c4c2OP(=O)(O)Oc2c(-c5ccc(OC)c(OC)c5OC)ccc5c2C4(CC3)CC5)c(OC)c1OC. The Hall–Kier alpha value is -4.53. The molecule has 0 fully saturated rings. The van der Waals surface area contributed by atoms with Crippen molar-refractivity contribution in [3.8, 4) is 68.2 Å². The normalized spacial score (nSPS) is 16.2. The summed E-state index contributed by atoms with van der Waals surface area (Å²) < 4.78 is 60.4. The Kier molecular flexibility index (Phi) is 7.25. The smallest absolute Gasteiger partial charge is 0.493 e. The zero-order valence-electron chi connectivity index (χ0n) is 26.5. The molecule has 0 aromatic heterocycles. The number of methoxy groups -OCH3 is 6. The van der Waals surface area contributed by atoms with Crippen molar-refractivity contribution in [1.29, 1.82) is 0 Å². The van der Waals surface area contributed by atoms with E-state index >= 15 is 0 Å². The molecule has 4 aromatic rings. The molecule has 1 heterocycles. The molecule has 1 aliphatic heterocycles. The van der Waals surface area contributed by atoms with Gasteiger partial charge in [-0.2, -0.15) is 0 Å². The van der Waals surface area contributed by atoms with E-state index in [1.807, 2.05) is 24.3 Å². The zero-order valence-corrected chi connectivity index (χ0v) is 27.4. The molecule has 7 rings (SSSR count). The maximum Gasteiger partial charge on any atom is 0.584 e. The third kappa shape index (κ3) is 4.23. The summed E-state index contributed by atoms with van der Waals surface area (Å²) in [7, 11) is 4.50. The lowest BCUT2D eigenvalue weighted by Gasteiger charge is -2.35. The van der Waals surface area contributed by atoms with Crippen LogP contribution in [0, 0.1) is 0 Å². The number of aryl methyl sites for hydroxylation is 2. The van der Waals surface area contributed by atoms with Crippen LogP contribution in [0.4, 0.5) is 0 Å². The summed E-state index contributed by atoms with van der Waals surface area (Å²) >= 11 is 0. The first-order valence-corrected chi connectivity index (χ1v) is 16.4. The van der Waals surface area contributed by atoms with Gasteiger partial charge in [0.1, 0.15) is 11.5 Å². The van der Waals surface area contributed by atoms with Gasteiger partial charge in [-0.1, -0.05) is 24.3 Å². The van der Waals surface area contributed by atoms with Crippen molar-refractivity contribution in [3.63, 3.8) is 0 Å². The van der Waals surface area contributed by atoms with E-state index in [4.69, 9.17) is 37.5 Å². The Morgan fingerprint density at radius 2 is 0.957 bits per heavy atom. The molecule has 0 atom stereocenters. The van der Waals surface area contributed by atoms with Crippen molar-refractivity contribution < 1.29 is 46.9 Å². The Labute approximate surface area is 267 Å². The number of hydrogen-bond acceptors (Lipinski definition) is 9.